The second-order valence-corrected chi connectivity index (χ2v) is 7.68. The quantitative estimate of drug-likeness (QED) is 0.604. The van der Waals surface area contributed by atoms with Crippen molar-refractivity contribution < 1.29 is 9.18 Å². The fourth-order valence-electron chi connectivity index (χ4n) is 3.48. The monoisotopic (exact) mass is 385 g/mol. The van der Waals surface area contributed by atoms with Crippen LogP contribution in [0.4, 0.5) is 21.7 Å². The molecule has 0 unspecified atom stereocenters. The summed E-state index contributed by atoms with van der Waals surface area (Å²) in [6.45, 7) is 4.23. The average molecular weight is 385 g/mol. The van der Waals surface area contributed by atoms with Crippen LogP contribution in [0.25, 0.3) is 0 Å². The van der Waals surface area contributed by atoms with E-state index in [1.54, 1.807) is 0 Å². The molecule has 1 aliphatic carbocycles. The molecule has 7 heteroatoms. The van der Waals surface area contributed by atoms with Gasteiger partial charge in [0.1, 0.15) is 5.82 Å². The van der Waals surface area contributed by atoms with Crippen LogP contribution >= 0.6 is 0 Å². The maximum absolute atomic E-state index is 14.6. The number of anilines is 3. The summed E-state index contributed by atoms with van der Waals surface area (Å²) in [5, 5.41) is 6.20. The van der Waals surface area contributed by atoms with Crippen molar-refractivity contribution in [2.45, 2.75) is 57.5 Å². The van der Waals surface area contributed by atoms with Gasteiger partial charge in [-0.1, -0.05) is 38.8 Å². The maximum Gasteiger partial charge on any atom is 0.252 e. The highest BCUT2D eigenvalue weighted by atomic mass is 19.1. The Hall–Kier alpha value is -2.67. The Labute approximate surface area is 164 Å². The number of nitrogens with one attached hydrogen (secondary N) is 2. The molecular weight excluding hydrogens is 357 g/mol. The van der Waals surface area contributed by atoms with Crippen LogP contribution in [0.15, 0.2) is 30.3 Å². The molecule has 1 saturated carbocycles. The van der Waals surface area contributed by atoms with Crippen molar-refractivity contribution in [1.82, 2.24) is 4.98 Å². The molecule has 1 amide bonds. The normalized spacial score (nSPS) is 19.5. The van der Waals surface area contributed by atoms with Gasteiger partial charge >= 0.3 is 0 Å². The molecule has 0 aliphatic heterocycles. The van der Waals surface area contributed by atoms with Gasteiger partial charge in [0.05, 0.1) is 5.56 Å². The van der Waals surface area contributed by atoms with Crippen LogP contribution in [0.5, 0.6) is 0 Å². The summed E-state index contributed by atoms with van der Waals surface area (Å²) >= 11 is 0. The number of carbonyl (C=O) groups excluding carboxylic acids is 1. The molecule has 150 valence electrons. The van der Waals surface area contributed by atoms with Gasteiger partial charge in [-0.2, -0.15) is 0 Å². The average Bonchev–Trinajstić information content (AvgIpc) is 2.66. The number of nitrogens with two attached hydrogens (primary N) is 2. The Bertz CT molecular complexity index is 837. The first-order valence-electron chi connectivity index (χ1n) is 9.74. The molecule has 0 bridgehead atoms. The largest absolute Gasteiger partial charge is 0.365 e. The lowest BCUT2D eigenvalue weighted by Crippen LogP contribution is -2.43. The minimum absolute atomic E-state index is 0.00364. The van der Waals surface area contributed by atoms with Gasteiger partial charge in [-0.3, -0.25) is 4.79 Å². The van der Waals surface area contributed by atoms with Crippen LogP contribution in [0.1, 0.15) is 61.4 Å². The lowest BCUT2D eigenvalue weighted by atomic mass is 9.91. The van der Waals surface area contributed by atoms with E-state index < -0.39 is 11.7 Å². The second-order valence-electron chi connectivity index (χ2n) is 7.68. The van der Waals surface area contributed by atoms with Crippen molar-refractivity contribution in [3.05, 3.63) is 47.3 Å². The van der Waals surface area contributed by atoms with Crippen molar-refractivity contribution in [3.8, 4) is 0 Å². The number of aromatic nitrogens is 1. The molecule has 0 spiro atoms. The number of amides is 1. The Morgan fingerprint density at radius 3 is 2.46 bits per heavy atom. The van der Waals surface area contributed by atoms with Gasteiger partial charge in [0.15, 0.2) is 11.6 Å². The number of nitrogens with zero attached hydrogens (tertiary/aromatic N) is 1. The summed E-state index contributed by atoms with van der Waals surface area (Å²) in [6.07, 6.45) is 3.87. The second kappa shape index (κ2) is 8.56. The molecule has 6 N–H and O–H groups in total. The number of hydrogen-bond donors (Lipinski definition) is 4. The minimum Gasteiger partial charge on any atom is -0.365 e. The number of halogens is 1. The van der Waals surface area contributed by atoms with E-state index in [4.69, 9.17) is 11.5 Å². The number of primary amides is 1. The van der Waals surface area contributed by atoms with Gasteiger partial charge in [0, 0.05) is 17.8 Å². The number of carbonyl (C=O) groups is 1. The zero-order valence-electron chi connectivity index (χ0n) is 16.3. The topological polar surface area (TPSA) is 106 Å². The first kappa shape index (κ1) is 20.1. The van der Waals surface area contributed by atoms with E-state index in [1.165, 1.54) is 5.56 Å². The molecule has 6 nitrogen and oxygen atoms in total. The maximum atomic E-state index is 14.6. The van der Waals surface area contributed by atoms with Crippen molar-refractivity contribution in [3.63, 3.8) is 0 Å². The first-order chi connectivity index (χ1) is 13.3. The smallest absolute Gasteiger partial charge is 0.252 e. The van der Waals surface area contributed by atoms with Crippen LogP contribution in [-0.2, 0) is 0 Å². The fourth-order valence-corrected chi connectivity index (χ4v) is 3.48. The van der Waals surface area contributed by atoms with Crippen molar-refractivity contribution in [1.29, 1.82) is 0 Å². The van der Waals surface area contributed by atoms with E-state index >= 15 is 0 Å². The van der Waals surface area contributed by atoms with E-state index in [2.05, 4.69) is 29.5 Å². The van der Waals surface area contributed by atoms with Gasteiger partial charge in [0.2, 0.25) is 0 Å². The summed E-state index contributed by atoms with van der Waals surface area (Å²) < 4.78 is 14.6. The number of benzene rings is 1. The van der Waals surface area contributed by atoms with E-state index in [0.29, 0.717) is 5.92 Å². The molecule has 1 fully saturated rings. The SMILES string of the molecule is CC(C)c1ccc(Nc2nc(N[C@@H]3CCCC[C@@H]3N)c(F)cc2C(N)=O)cc1. The van der Waals surface area contributed by atoms with Crippen LogP contribution in [-0.4, -0.2) is 23.0 Å². The predicted octanol–water partition coefficient (Wildman–Crippen LogP) is 3.87. The molecule has 0 radical (unpaired) electrons. The number of rotatable bonds is 6. The summed E-state index contributed by atoms with van der Waals surface area (Å²) in [6, 6.07) is 8.82. The summed E-state index contributed by atoms with van der Waals surface area (Å²) in [4.78, 5) is 16.1. The lowest BCUT2D eigenvalue weighted by Gasteiger charge is -2.30. The Kier molecular flexibility index (Phi) is 6.14. The number of hydrogen-bond acceptors (Lipinski definition) is 5. The molecular formula is C21H28FN5O. The van der Waals surface area contributed by atoms with Crippen molar-refractivity contribution >= 4 is 23.2 Å². The van der Waals surface area contributed by atoms with Crippen LogP contribution < -0.4 is 22.1 Å². The molecule has 3 rings (SSSR count). The Morgan fingerprint density at radius 1 is 1.18 bits per heavy atom. The third-order valence-electron chi connectivity index (χ3n) is 5.22. The Balaban J connectivity index is 1.88. The molecule has 1 aromatic heterocycles. The summed E-state index contributed by atoms with van der Waals surface area (Å²) in [5.74, 6) is -0.651. The third kappa shape index (κ3) is 4.59. The molecule has 1 heterocycles. The highest BCUT2D eigenvalue weighted by Crippen LogP contribution is 2.27. The van der Waals surface area contributed by atoms with Crippen LogP contribution in [0, 0.1) is 5.82 Å². The highest BCUT2D eigenvalue weighted by molar-refractivity contribution is 5.98. The van der Waals surface area contributed by atoms with E-state index in [0.717, 1.165) is 37.4 Å². The lowest BCUT2D eigenvalue weighted by molar-refractivity contribution is 0.100. The molecule has 2 atom stereocenters. The molecule has 2 aromatic rings. The summed E-state index contributed by atoms with van der Waals surface area (Å²) in [7, 11) is 0. The molecule has 1 aliphatic rings. The van der Waals surface area contributed by atoms with Gasteiger partial charge < -0.3 is 22.1 Å². The summed E-state index contributed by atoms with van der Waals surface area (Å²) in [5.41, 5.74) is 13.5. The fraction of sp³-hybridized carbons (Fsp3) is 0.429. The van der Waals surface area contributed by atoms with Crippen molar-refractivity contribution in [2.75, 3.05) is 10.6 Å². The predicted molar refractivity (Wildman–Crippen MR) is 110 cm³/mol. The standard InChI is InChI=1S/C21H28FN5O/c1-12(2)13-7-9-14(10-8-13)25-20-15(19(24)28)11-16(22)21(27-20)26-18-6-4-3-5-17(18)23/h7-12,17-18H,3-6,23H2,1-2H3,(H2,24,28)(H2,25,26,27)/t17-,18+/m0/s1. The molecule has 0 saturated heterocycles. The minimum atomic E-state index is -0.742. The van der Waals surface area contributed by atoms with Gasteiger partial charge in [-0.25, -0.2) is 9.37 Å². The van der Waals surface area contributed by atoms with Crippen LogP contribution in [0.3, 0.4) is 0 Å². The first-order valence-corrected chi connectivity index (χ1v) is 9.74. The Morgan fingerprint density at radius 2 is 1.86 bits per heavy atom. The third-order valence-corrected chi connectivity index (χ3v) is 5.22. The zero-order chi connectivity index (χ0) is 20.3. The van der Waals surface area contributed by atoms with Gasteiger partial charge in [-0.05, 0) is 42.5 Å². The van der Waals surface area contributed by atoms with Crippen LogP contribution in [0.2, 0.25) is 0 Å². The highest BCUT2D eigenvalue weighted by Gasteiger charge is 2.24. The molecule has 28 heavy (non-hydrogen) atoms. The van der Waals surface area contributed by atoms with E-state index in [1.807, 2.05) is 24.3 Å². The zero-order valence-corrected chi connectivity index (χ0v) is 16.3. The van der Waals surface area contributed by atoms with E-state index in [-0.39, 0.29) is 29.3 Å². The van der Waals surface area contributed by atoms with E-state index in [9.17, 15) is 9.18 Å². The van der Waals surface area contributed by atoms with Crippen molar-refractivity contribution in [2.24, 2.45) is 11.5 Å². The van der Waals surface area contributed by atoms with Gasteiger partial charge in [-0.15, -0.1) is 0 Å². The van der Waals surface area contributed by atoms with Gasteiger partial charge in [0.25, 0.3) is 5.91 Å². The molecule has 1 aromatic carbocycles. The number of pyridine rings is 1.